The Hall–Kier alpha value is -1.74. The first-order valence-corrected chi connectivity index (χ1v) is 19.8. The molecule has 0 spiro atoms. The average Bonchev–Trinajstić information content (AvgIpc) is 3.74. The van der Waals surface area contributed by atoms with Crippen LogP contribution in [0.4, 0.5) is 5.82 Å². The van der Waals surface area contributed by atoms with Crippen LogP contribution in [0.25, 0.3) is 11.0 Å². The zero-order chi connectivity index (χ0) is 31.7. The highest BCUT2D eigenvalue weighted by Crippen LogP contribution is 2.60. The molecule has 5 aliphatic heterocycles. The maximum absolute atomic E-state index is 13.7. The summed E-state index contributed by atoms with van der Waals surface area (Å²) in [7, 11) is 0. The molecule has 0 aromatic carbocycles. The van der Waals surface area contributed by atoms with E-state index in [-0.39, 0.29) is 31.4 Å². The van der Waals surface area contributed by atoms with Gasteiger partial charge in [-0.15, -0.1) is 0 Å². The molecule has 45 heavy (non-hydrogen) atoms. The van der Waals surface area contributed by atoms with Gasteiger partial charge in [-0.3, -0.25) is 27.9 Å². The molecule has 4 N–H and O–H groups in total. The van der Waals surface area contributed by atoms with E-state index in [0.717, 1.165) is 11.5 Å². The molecule has 1 amide bonds. The molecular formula is C22H28N8O10P2S3. The zero-order valence-electron chi connectivity index (χ0n) is 23.3. The second kappa shape index (κ2) is 12.1. The first-order valence-electron chi connectivity index (χ1n) is 13.7. The summed E-state index contributed by atoms with van der Waals surface area (Å²) in [5.41, 5.74) is 6.86. The summed E-state index contributed by atoms with van der Waals surface area (Å²) in [5, 5.41) is 13.0. The Morgan fingerprint density at radius 1 is 1.11 bits per heavy atom. The molecule has 2 unspecified atom stereocenters. The number of amidine groups is 1. The molecule has 23 heteroatoms. The third-order valence-electron chi connectivity index (χ3n) is 7.99. The lowest BCUT2D eigenvalue weighted by Crippen LogP contribution is -2.55. The van der Waals surface area contributed by atoms with Crippen molar-refractivity contribution < 1.29 is 46.6 Å². The molecule has 7 rings (SSSR count). The van der Waals surface area contributed by atoms with Gasteiger partial charge in [0.2, 0.25) is 0 Å². The van der Waals surface area contributed by atoms with Gasteiger partial charge in [0.05, 0.1) is 49.3 Å². The lowest BCUT2D eigenvalue weighted by atomic mass is 9.99. The van der Waals surface area contributed by atoms with Crippen LogP contribution in [0.15, 0.2) is 16.3 Å². The maximum atomic E-state index is 13.7. The summed E-state index contributed by atoms with van der Waals surface area (Å²) < 4.78 is 67.1. The number of fused-ring (bicyclic) bond motifs is 5. The van der Waals surface area contributed by atoms with E-state index in [4.69, 9.17) is 33.3 Å². The van der Waals surface area contributed by atoms with Crippen LogP contribution in [0.1, 0.15) is 24.3 Å². The lowest BCUT2D eigenvalue weighted by Gasteiger charge is -2.35. The van der Waals surface area contributed by atoms with Crippen molar-refractivity contribution in [3.63, 3.8) is 0 Å². The normalized spacial score (nSPS) is 42.0. The van der Waals surface area contributed by atoms with E-state index >= 15 is 0 Å². The molecule has 3 saturated heterocycles. The molecule has 0 aliphatic carbocycles. The lowest BCUT2D eigenvalue weighted by molar-refractivity contribution is -0.124. The second-order valence-corrected chi connectivity index (χ2v) is 17.4. The van der Waals surface area contributed by atoms with Crippen LogP contribution in [0, 0.1) is 5.92 Å². The third kappa shape index (κ3) is 6.07. The van der Waals surface area contributed by atoms with Crippen molar-refractivity contribution in [1.82, 2.24) is 24.6 Å². The van der Waals surface area contributed by atoms with E-state index in [0.29, 0.717) is 21.7 Å². The van der Waals surface area contributed by atoms with Crippen LogP contribution >= 0.6 is 49.6 Å². The van der Waals surface area contributed by atoms with Crippen LogP contribution in [0.5, 0.6) is 0 Å². The van der Waals surface area contributed by atoms with Crippen molar-refractivity contribution in [2.45, 2.75) is 62.3 Å². The van der Waals surface area contributed by atoms with Crippen molar-refractivity contribution in [3.8, 4) is 0 Å². The predicted molar refractivity (Wildman–Crippen MR) is 165 cm³/mol. The van der Waals surface area contributed by atoms with Crippen molar-refractivity contribution in [1.29, 1.82) is 0 Å². The van der Waals surface area contributed by atoms with Crippen LogP contribution in [-0.2, 0) is 41.5 Å². The number of hydrogen-bond acceptors (Lipinski definition) is 18. The van der Waals surface area contributed by atoms with Crippen LogP contribution in [-0.4, -0.2) is 105 Å². The number of aromatic nitrogens is 3. The third-order valence-corrected chi connectivity index (χ3v) is 12.2. The molecule has 3 fully saturated rings. The molecule has 0 saturated carbocycles. The first-order chi connectivity index (χ1) is 21.4. The Labute approximate surface area is 270 Å². The molecule has 5 aliphatic rings. The highest BCUT2D eigenvalue weighted by atomic mass is 32.7. The Bertz CT molecular complexity index is 1670. The number of aliphatic hydroxyl groups excluding tert-OH is 1. The molecular weight excluding hydrogens is 694 g/mol. The smallest absolute Gasteiger partial charge is 0.386 e. The number of carbonyl (C=O) groups is 1. The Morgan fingerprint density at radius 3 is 2.64 bits per heavy atom. The van der Waals surface area contributed by atoms with Crippen molar-refractivity contribution in [2.24, 2.45) is 15.9 Å². The van der Waals surface area contributed by atoms with E-state index in [1.54, 1.807) is 6.92 Å². The minimum Gasteiger partial charge on any atom is -0.396 e. The molecule has 2 aromatic heterocycles. The summed E-state index contributed by atoms with van der Waals surface area (Å²) in [6.45, 7) is -7.84. The number of nitrogens with one attached hydrogen (secondary N) is 1. The number of anilines is 1. The number of aliphatic imine (C=N–C) groups is 2. The summed E-state index contributed by atoms with van der Waals surface area (Å²) in [6.07, 6.45) is -3.51. The average molecular weight is 723 g/mol. The second-order valence-electron chi connectivity index (χ2n) is 10.8. The summed E-state index contributed by atoms with van der Waals surface area (Å²) >= 11 is 9.54. The fraction of sp³-hybridized carbons (Fsp3) is 0.636. The highest BCUT2D eigenvalue weighted by molar-refractivity contribution is 8.44. The minimum absolute atomic E-state index is 0.176. The molecule has 244 valence electrons. The van der Waals surface area contributed by atoms with Gasteiger partial charge in [-0.2, -0.15) is 4.37 Å². The van der Waals surface area contributed by atoms with Gasteiger partial charge in [-0.1, -0.05) is 24.5 Å². The fourth-order valence-corrected chi connectivity index (χ4v) is 9.80. The zero-order valence-corrected chi connectivity index (χ0v) is 27.7. The van der Waals surface area contributed by atoms with Gasteiger partial charge < -0.3 is 30.5 Å². The standard InChI is InChI=1S/C22H28N8O10P2S3/c1-8-27-20-16(21(32)28-8)26-7-30(20)22-17-9(3-31)12(38-22)4-35-41(33,43)39-10-2-11(37-13(10)5-36-42(34,44)40-17)18-14-15(29-45-18)19(23)25-6-24-14/h6-7,9-13,16-17,20,22,31H,2-5H2,1H3,(H,33,43)(H,34,44)(H2,23,24,25)(H,27,28,32)/t9-,10+,11-,12-,13-,16?,17-,20?,22-,41+,42+/m1/s1. The highest BCUT2D eigenvalue weighted by Gasteiger charge is 2.55. The van der Waals surface area contributed by atoms with Gasteiger partial charge in [0.1, 0.15) is 35.4 Å². The molecule has 0 radical (unpaired) electrons. The number of hydrogen-bond donors (Lipinski definition) is 5. The number of rotatable bonds is 3. The molecule has 11 atom stereocenters. The molecule has 2 aromatic rings. The van der Waals surface area contributed by atoms with Crippen molar-refractivity contribution in [3.05, 3.63) is 11.2 Å². The van der Waals surface area contributed by atoms with Crippen LogP contribution in [0.2, 0.25) is 0 Å². The van der Waals surface area contributed by atoms with Gasteiger partial charge >= 0.3 is 13.6 Å². The van der Waals surface area contributed by atoms with E-state index < -0.39 is 75.1 Å². The minimum atomic E-state index is -4.19. The number of nitrogen functional groups attached to an aromatic ring is 1. The van der Waals surface area contributed by atoms with Gasteiger partial charge in [-0.25, -0.2) is 24.1 Å². The molecule has 18 nitrogen and oxygen atoms in total. The van der Waals surface area contributed by atoms with E-state index in [1.165, 1.54) is 17.6 Å². The number of amides is 1. The Morgan fingerprint density at radius 2 is 1.87 bits per heavy atom. The Balaban J connectivity index is 1.16. The van der Waals surface area contributed by atoms with Crippen LogP contribution < -0.4 is 11.1 Å². The summed E-state index contributed by atoms with van der Waals surface area (Å²) in [5.74, 6) is -0.636. The van der Waals surface area contributed by atoms with Gasteiger partial charge in [0, 0.05) is 12.3 Å². The largest absolute Gasteiger partial charge is 0.396 e. The quantitative estimate of drug-likeness (QED) is 0.222. The topological polar surface area (TPSA) is 231 Å². The van der Waals surface area contributed by atoms with Gasteiger partial charge in [0.15, 0.2) is 24.3 Å². The fourth-order valence-electron chi connectivity index (χ4n) is 5.91. The van der Waals surface area contributed by atoms with Crippen molar-refractivity contribution in [2.75, 3.05) is 25.6 Å². The predicted octanol–water partition coefficient (Wildman–Crippen LogP) is 1.31. The summed E-state index contributed by atoms with van der Waals surface area (Å²) in [6, 6.07) is -0.862. The summed E-state index contributed by atoms with van der Waals surface area (Å²) in [4.78, 5) is 31.7. The SMILES string of the molecule is CC1=NC2C(N=CN2[C@@H]2O[C@@H]3CO[P@](=O)(S)O[C@H]4C[C@H](c5snc6c(N)ncnc56)O[C@@H]4CO[P@](=O)(S)O[C@@H]2[C@@H]3CO)C(=O)N1. The van der Waals surface area contributed by atoms with E-state index in [9.17, 15) is 19.0 Å². The number of ether oxygens (including phenoxy) is 2. The van der Waals surface area contributed by atoms with E-state index in [1.807, 2.05) is 0 Å². The maximum Gasteiger partial charge on any atom is 0.386 e. The molecule has 7 heterocycles. The van der Waals surface area contributed by atoms with E-state index in [2.05, 4.69) is 54.1 Å². The number of nitrogens with two attached hydrogens (primary N) is 1. The van der Waals surface area contributed by atoms with Crippen molar-refractivity contribution >= 4 is 84.6 Å². The number of carbonyl (C=O) groups excluding carboxylic acids is 1. The Kier molecular flexibility index (Phi) is 8.53. The number of aliphatic hydroxyl groups is 1. The molecule has 2 bridgehead atoms. The van der Waals surface area contributed by atoms with Gasteiger partial charge in [0.25, 0.3) is 5.91 Å². The number of thiol groups is 2. The monoisotopic (exact) mass is 722 g/mol. The van der Waals surface area contributed by atoms with Gasteiger partial charge in [-0.05, 0) is 18.5 Å². The first kappa shape index (κ1) is 31.8. The van der Waals surface area contributed by atoms with Crippen LogP contribution in [0.3, 0.4) is 0 Å². The number of nitrogens with zero attached hydrogens (tertiary/aromatic N) is 6.